The first-order valence-electron chi connectivity index (χ1n) is 25.4. The van der Waals surface area contributed by atoms with Crippen molar-refractivity contribution in [2.75, 3.05) is 125 Å². The Morgan fingerprint density at radius 3 is 2.08 bits per heavy atom. The van der Waals surface area contributed by atoms with Crippen LogP contribution in [0.4, 0.5) is 9.59 Å². The molecule has 1 aliphatic carbocycles. The fourth-order valence-electron chi connectivity index (χ4n) is 10.1. The van der Waals surface area contributed by atoms with Gasteiger partial charge in [-0.25, -0.2) is 36.3 Å². The minimum absolute atomic E-state index is 0.00733. The zero-order chi connectivity index (χ0) is 51.8. The number of benzene rings is 3. The van der Waals surface area contributed by atoms with Gasteiger partial charge >= 0.3 is 12.1 Å². The highest BCUT2D eigenvalue weighted by molar-refractivity contribution is 7.89. The number of primary sulfonamides is 1. The molecular formula is C50H72ClN11O9S2. The van der Waals surface area contributed by atoms with E-state index in [-0.39, 0.29) is 46.0 Å². The van der Waals surface area contributed by atoms with E-state index in [0.29, 0.717) is 114 Å². The monoisotopic (exact) mass is 1070 g/mol. The van der Waals surface area contributed by atoms with Crippen molar-refractivity contribution < 1.29 is 40.6 Å². The lowest BCUT2D eigenvalue weighted by molar-refractivity contribution is 0.0805. The van der Waals surface area contributed by atoms with Crippen LogP contribution in [0.2, 0.25) is 5.02 Å². The predicted molar refractivity (Wildman–Crippen MR) is 278 cm³/mol. The molecule has 0 saturated carbocycles. The van der Waals surface area contributed by atoms with Crippen LogP contribution in [0.1, 0.15) is 66.4 Å². The van der Waals surface area contributed by atoms with E-state index in [2.05, 4.69) is 58.7 Å². The molecule has 3 aromatic rings. The van der Waals surface area contributed by atoms with Crippen LogP contribution in [0.5, 0.6) is 5.75 Å². The summed E-state index contributed by atoms with van der Waals surface area (Å²) in [6, 6.07) is 18.5. The summed E-state index contributed by atoms with van der Waals surface area (Å²) in [5.74, 6) is 0.631. The average Bonchev–Trinajstić information content (AvgIpc) is 4.08. The number of hydrogen-bond acceptors (Lipinski definition) is 14. The normalized spacial score (nSPS) is 21.1. The van der Waals surface area contributed by atoms with Gasteiger partial charge in [-0.3, -0.25) is 9.80 Å². The molecule has 73 heavy (non-hydrogen) atoms. The number of rotatable bonds is 25. The number of hydrogen-bond donors (Lipinski definition) is 6. The van der Waals surface area contributed by atoms with E-state index in [0.717, 1.165) is 75.3 Å². The van der Waals surface area contributed by atoms with E-state index in [1.54, 1.807) is 42.5 Å². The largest absolute Gasteiger partial charge is 0.484 e. The van der Waals surface area contributed by atoms with Gasteiger partial charge in [0.2, 0.25) is 20.0 Å². The first kappa shape index (κ1) is 56.1. The van der Waals surface area contributed by atoms with Gasteiger partial charge in [0, 0.05) is 76.5 Å². The van der Waals surface area contributed by atoms with E-state index in [1.807, 2.05) is 18.2 Å². The van der Waals surface area contributed by atoms with Crippen molar-refractivity contribution in [1.29, 1.82) is 5.26 Å². The molecule has 0 aromatic heterocycles. The topological polar surface area (TPSA) is 253 Å². The van der Waals surface area contributed by atoms with Gasteiger partial charge in [0.1, 0.15) is 11.9 Å². The number of likely N-dealkylation sites (N-methyl/N-ethyl adjacent to an activating group) is 1. The molecule has 4 atom stereocenters. The molecular weight excluding hydrogens is 998 g/mol. The quantitative estimate of drug-likeness (QED) is 0.0668. The van der Waals surface area contributed by atoms with Gasteiger partial charge in [-0.05, 0) is 137 Å². The summed E-state index contributed by atoms with van der Waals surface area (Å²) in [6.45, 7) is 11.2. The van der Waals surface area contributed by atoms with Crippen molar-refractivity contribution in [3.8, 4) is 11.8 Å². The maximum atomic E-state index is 13.5. The number of sulfonamides is 2. The number of nitrogens with zero attached hydrogens (tertiary/aromatic N) is 5. The van der Waals surface area contributed by atoms with Gasteiger partial charge in [-0.2, -0.15) is 5.26 Å². The Balaban J connectivity index is 0.691. The highest BCUT2D eigenvalue weighted by Crippen LogP contribution is 2.41. The van der Waals surface area contributed by atoms with Crippen LogP contribution in [0.3, 0.4) is 0 Å². The minimum Gasteiger partial charge on any atom is -0.484 e. The van der Waals surface area contributed by atoms with Crippen molar-refractivity contribution >= 4 is 43.7 Å². The van der Waals surface area contributed by atoms with Crippen LogP contribution in [-0.4, -0.2) is 186 Å². The number of amides is 4. The maximum absolute atomic E-state index is 13.5. The highest BCUT2D eigenvalue weighted by Gasteiger charge is 2.40. The van der Waals surface area contributed by atoms with E-state index < -0.39 is 20.0 Å². The smallest absolute Gasteiger partial charge is 0.314 e. The fourth-order valence-corrected chi connectivity index (χ4v) is 12.4. The molecule has 0 spiro atoms. The third-order valence-corrected chi connectivity index (χ3v) is 16.7. The van der Waals surface area contributed by atoms with Gasteiger partial charge in [0.15, 0.2) is 0 Å². The summed E-state index contributed by atoms with van der Waals surface area (Å²) >= 11 is 6.48. The summed E-state index contributed by atoms with van der Waals surface area (Å²) in [5.41, 5.74) is 3.17. The molecule has 3 fully saturated rings. The van der Waals surface area contributed by atoms with Crippen LogP contribution in [0, 0.1) is 11.3 Å². The van der Waals surface area contributed by atoms with Gasteiger partial charge < -0.3 is 45.3 Å². The number of nitriles is 1. The Kier molecular flexibility index (Phi) is 20.9. The lowest BCUT2D eigenvalue weighted by Gasteiger charge is -2.32. The maximum Gasteiger partial charge on any atom is 0.314 e. The molecule has 20 nitrogen and oxygen atoms in total. The molecule has 7 N–H and O–H groups in total. The Morgan fingerprint density at radius 1 is 0.767 bits per heavy atom. The number of carbonyl (C=O) groups is 2. The van der Waals surface area contributed by atoms with Crippen molar-refractivity contribution in [3.05, 3.63) is 87.9 Å². The number of nitrogens with one attached hydrogen (secondary N) is 5. The van der Waals surface area contributed by atoms with Crippen LogP contribution < -0.4 is 35.9 Å². The lowest BCUT2D eigenvalue weighted by atomic mass is 9.98. The number of carbonyl (C=O) groups excluding carboxylic acids is 2. The number of urea groups is 2. The summed E-state index contributed by atoms with van der Waals surface area (Å²) in [7, 11) is -5.45. The predicted octanol–water partition coefficient (Wildman–Crippen LogP) is 2.80. The van der Waals surface area contributed by atoms with Crippen LogP contribution >= 0.6 is 11.6 Å². The van der Waals surface area contributed by atoms with E-state index in [1.165, 1.54) is 0 Å². The van der Waals surface area contributed by atoms with Crippen LogP contribution in [0.25, 0.3) is 0 Å². The minimum atomic E-state index is -3.80. The molecule has 7 rings (SSSR count). The molecule has 0 radical (unpaired) electrons. The van der Waals surface area contributed by atoms with Crippen molar-refractivity contribution in [1.82, 2.24) is 45.6 Å². The molecule has 3 aromatic carbocycles. The number of likely N-dealkylation sites (tertiary alicyclic amines) is 2. The van der Waals surface area contributed by atoms with E-state index in [9.17, 15) is 31.7 Å². The van der Waals surface area contributed by atoms with E-state index >= 15 is 0 Å². The van der Waals surface area contributed by atoms with Crippen molar-refractivity contribution in [2.45, 2.75) is 72.4 Å². The van der Waals surface area contributed by atoms with Crippen LogP contribution in [0.15, 0.2) is 70.5 Å². The molecule has 3 aliphatic heterocycles. The standard InChI is InChI=1S/C50H72ClN11O9S2/c1-59-19-6-20-62(24-23-59)46-33-44-38(34-52)31-39(51)32-45(44)48(46)71-41-9-11-42(12-10-41)73(67,68)58-40-14-22-61(36-40)26-30-70-28-18-57-50(64)55-16-5-4-15-54-49(63)56-17-27-69-29-25-60-21-13-37(35-60)43-7-2-3-8-47(43)72(53,65)66/h2-3,7-12,31-32,37,40,46,48,58H,4-6,13-30,33,35-36H2,1H3,(H2,53,65,66)(H2,54,56,63)(H2,55,57,64)/t37-,40+,46-,48-/m0/s1. The van der Waals surface area contributed by atoms with Crippen LogP contribution in [-0.2, 0) is 35.9 Å². The lowest BCUT2D eigenvalue weighted by Crippen LogP contribution is -2.42. The molecule has 3 saturated heterocycles. The van der Waals surface area contributed by atoms with Crippen molar-refractivity contribution in [3.63, 3.8) is 0 Å². The van der Waals surface area contributed by atoms with Gasteiger partial charge in [-0.1, -0.05) is 29.8 Å². The van der Waals surface area contributed by atoms with Crippen molar-refractivity contribution in [2.24, 2.45) is 5.14 Å². The molecule has 4 amide bonds. The Bertz CT molecular complexity index is 2570. The molecule has 3 heterocycles. The molecule has 0 unspecified atom stereocenters. The third kappa shape index (κ3) is 16.7. The Morgan fingerprint density at radius 2 is 1.41 bits per heavy atom. The highest BCUT2D eigenvalue weighted by atomic mass is 35.5. The number of ether oxygens (including phenoxy) is 3. The Hall–Kier alpha value is -4.64. The molecule has 400 valence electrons. The number of unbranched alkanes of at least 4 members (excludes halogenated alkanes) is 1. The second-order valence-corrected chi connectivity index (χ2v) is 22.9. The number of fused-ring (bicyclic) bond motifs is 1. The molecule has 4 aliphatic rings. The first-order valence-corrected chi connectivity index (χ1v) is 28.8. The summed E-state index contributed by atoms with van der Waals surface area (Å²) in [5, 5.41) is 27.0. The zero-order valence-electron chi connectivity index (χ0n) is 41.7. The van der Waals surface area contributed by atoms with Gasteiger partial charge in [-0.15, -0.1) is 0 Å². The SMILES string of the molecule is CN1CCCN([C@H]2Cc3c(C#N)cc(Cl)cc3[C@@H]2Oc2ccc(S(=O)(=O)N[C@@H]3CCN(CCOCCNC(=O)NCCCCNC(=O)NCCOCCN4CC[C@H](c5ccccc5S(N)(=O)=O)C4)C3)cc2)CC1. The summed E-state index contributed by atoms with van der Waals surface area (Å²) in [4.78, 5) is 33.9. The number of nitrogens with two attached hydrogens (primary N) is 1. The molecule has 0 bridgehead atoms. The summed E-state index contributed by atoms with van der Waals surface area (Å²) < 4.78 is 71.9. The fraction of sp³-hybridized carbons (Fsp3) is 0.580. The second kappa shape index (κ2) is 27.2. The van der Waals surface area contributed by atoms with Gasteiger partial charge in [0.05, 0.1) is 53.9 Å². The third-order valence-electron chi connectivity index (χ3n) is 13.9. The molecule has 23 heteroatoms. The Labute approximate surface area is 435 Å². The van der Waals surface area contributed by atoms with E-state index in [4.69, 9.17) is 31.0 Å². The van der Waals surface area contributed by atoms with Gasteiger partial charge in [0.25, 0.3) is 0 Å². The summed E-state index contributed by atoms with van der Waals surface area (Å²) in [6.07, 6.45) is 4.21. The number of halogens is 1. The second-order valence-electron chi connectivity index (χ2n) is 19.2. The first-order chi connectivity index (χ1) is 35.2. The zero-order valence-corrected chi connectivity index (χ0v) is 44.1. The average molecular weight is 1070 g/mol.